The Labute approximate surface area is 88.2 Å². The minimum Gasteiger partial charge on any atom is -0.475 e. The first-order chi connectivity index (χ1) is 7.25. The van der Waals surface area contributed by atoms with Crippen molar-refractivity contribution in [3.05, 3.63) is 30.1 Å². The molecule has 1 aromatic rings. The Bertz CT molecular complexity index is 365. The van der Waals surface area contributed by atoms with Crippen LogP contribution < -0.4 is 5.73 Å². The molecule has 8 heteroatoms. The van der Waals surface area contributed by atoms with Gasteiger partial charge in [-0.3, -0.25) is 10.4 Å². The average molecular weight is 235 g/mol. The number of carbonyl (C=O) groups is 1. The van der Waals surface area contributed by atoms with Crippen molar-refractivity contribution in [1.82, 2.24) is 4.98 Å². The van der Waals surface area contributed by atoms with E-state index in [0.29, 0.717) is 5.69 Å². The van der Waals surface area contributed by atoms with Crippen LogP contribution in [0.1, 0.15) is 5.69 Å². The molecule has 0 fully saturated rings. The number of hydrogen-bond donors (Lipinski definition) is 3. The number of carboxylic acid groups (broad SMARTS) is 1. The van der Waals surface area contributed by atoms with E-state index < -0.39 is 12.1 Å². The molecule has 0 bridgehead atoms. The predicted octanol–water partition coefficient (Wildman–Crippen LogP) is 0.999. The van der Waals surface area contributed by atoms with Gasteiger partial charge in [-0.25, -0.2) is 4.79 Å². The van der Waals surface area contributed by atoms with E-state index in [2.05, 4.69) is 4.98 Å². The van der Waals surface area contributed by atoms with E-state index in [1.807, 2.05) is 0 Å². The quantitative estimate of drug-likeness (QED) is 0.499. The Morgan fingerprint density at radius 2 is 1.94 bits per heavy atom. The Kier molecular flexibility index (Phi) is 4.93. The number of nitrogen functional groups attached to an aromatic ring is 1. The van der Waals surface area contributed by atoms with Gasteiger partial charge in [-0.15, -0.1) is 0 Å². The number of nitrogens with one attached hydrogen (secondary N) is 1. The number of carboxylic acids is 1. The third-order valence-corrected chi connectivity index (χ3v) is 1.18. The number of aromatic nitrogens is 1. The number of pyridine rings is 1. The van der Waals surface area contributed by atoms with Crippen LogP contribution >= 0.6 is 0 Å². The van der Waals surface area contributed by atoms with Crippen molar-refractivity contribution in [3.8, 4) is 0 Å². The second-order valence-corrected chi connectivity index (χ2v) is 2.43. The number of nitrogens with two attached hydrogens (primary N) is 1. The van der Waals surface area contributed by atoms with Gasteiger partial charge in [0.2, 0.25) is 0 Å². The van der Waals surface area contributed by atoms with Crippen LogP contribution in [0, 0.1) is 5.41 Å². The zero-order chi connectivity index (χ0) is 12.8. The molecule has 0 aliphatic carbocycles. The average Bonchev–Trinajstić information content (AvgIpc) is 2.18. The SMILES string of the molecule is N=C(N)c1ccccn1.O=C(O)C(F)(F)F. The lowest BCUT2D eigenvalue weighted by molar-refractivity contribution is -0.192. The first kappa shape index (κ1) is 13.9. The minimum absolute atomic E-state index is 0.00981. The summed E-state index contributed by atoms with van der Waals surface area (Å²) in [5, 5.41) is 14.1. The molecular weight excluding hydrogens is 227 g/mol. The Morgan fingerprint density at radius 1 is 1.44 bits per heavy atom. The Hall–Kier alpha value is -2.12. The molecule has 4 N–H and O–H groups in total. The van der Waals surface area contributed by atoms with Gasteiger partial charge in [-0.05, 0) is 12.1 Å². The molecule has 0 unspecified atom stereocenters. The molecule has 0 saturated carbocycles. The first-order valence-electron chi connectivity index (χ1n) is 3.80. The molecule has 88 valence electrons. The molecule has 0 aromatic carbocycles. The fraction of sp³-hybridized carbons (Fsp3) is 0.125. The Balaban J connectivity index is 0.000000293. The van der Waals surface area contributed by atoms with Crippen molar-refractivity contribution >= 4 is 11.8 Å². The summed E-state index contributed by atoms with van der Waals surface area (Å²) in [7, 11) is 0. The summed E-state index contributed by atoms with van der Waals surface area (Å²) < 4.78 is 31.7. The first-order valence-corrected chi connectivity index (χ1v) is 3.80. The highest BCUT2D eigenvalue weighted by Gasteiger charge is 2.38. The number of halogens is 3. The highest BCUT2D eigenvalue weighted by atomic mass is 19.4. The van der Waals surface area contributed by atoms with Crippen LogP contribution in [-0.4, -0.2) is 28.1 Å². The van der Waals surface area contributed by atoms with Crippen molar-refractivity contribution in [2.45, 2.75) is 6.18 Å². The summed E-state index contributed by atoms with van der Waals surface area (Å²) in [5.74, 6) is -2.75. The summed E-state index contributed by atoms with van der Waals surface area (Å²) in [6, 6.07) is 5.28. The summed E-state index contributed by atoms with van der Waals surface area (Å²) >= 11 is 0. The number of hydrogen-bond acceptors (Lipinski definition) is 3. The van der Waals surface area contributed by atoms with Gasteiger partial charge in [0.15, 0.2) is 0 Å². The smallest absolute Gasteiger partial charge is 0.475 e. The Morgan fingerprint density at radius 3 is 2.12 bits per heavy atom. The molecule has 1 rings (SSSR count). The number of nitrogens with zero attached hydrogens (tertiary/aromatic N) is 1. The van der Waals surface area contributed by atoms with Crippen LogP contribution in [0.5, 0.6) is 0 Å². The zero-order valence-corrected chi connectivity index (χ0v) is 7.82. The van der Waals surface area contributed by atoms with Gasteiger partial charge in [0.1, 0.15) is 11.5 Å². The second kappa shape index (κ2) is 5.69. The monoisotopic (exact) mass is 235 g/mol. The van der Waals surface area contributed by atoms with Crippen molar-refractivity contribution in [2.24, 2.45) is 5.73 Å². The number of aliphatic carboxylic acids is 1. The van der Waals surface area contributed by atoms with Gasteiger partial charge in [0.25, 0.3) is 0 Å². The zero-order valence-electron chi connectivity index (χ0n) is 7.82. The highest BCUT2D eigenvalue weighted by Crippen LogP contribution is 2.13. The molecule has 0 saturated heterocycles. The van der Waals surface area contributed by atoms with Gasteiger partial charge in [-0.1, -0.05) is 6.07 Å². The second-order valence-electron chi connectivity index (χ2n) is 2.43. The third kappa shape index (κ3) is 5.58. The molecule has 0 amide bonds. The molecule has 5 nitrogen and oxygen atoms in total. The van der Waals surface area contributed by atoms with Crippen molar-refractivity contribution < 1.29 is 23.1 Å². The molecule has 1 aromatic heterocycles. The fourth-order valence-corrected chi connectivity index (χ4v) is 0.522. The summed E-state index contributed by atoms with van der Waals surface area (Å²) in [4.78, 5) is 12.7. The molecule has 1 heterocycles. The van der Waals surface area contributed by atoms with Crippen molar-refractivity contribution in [3.63, 3.8) is 0 Å². The van der Waals surface area contributed by atoms with Gasteiger partial charge in [0.05, 0.1) is 0 Å². The van der Waals surface area contributed by atoms with Crippen molar-refractivity contribution in [1.29, 1.82) is 5.41 Å². The van der Waals surface area contributed by atoms with Crippen LogP contribution in [0.25, 0.3) is 0 Å². The normalized spacial score (nSPS) is 9.94. The highest BCUT2D eigenvalue weighted by molar-refractivity contribution is 5.92. The standard InChI is InChI=1S/C6H7N3.C2HF3O2/c7-6(8)5-3-1-2-4-9-5;3-2(4,5)1(6)7/h1-4H,(H3,7,8);(H,6,7). The molecule has 0 aliphatic rings. The largest absolute Gasteiger partial charge is 0.490 e. The topological polar surface area (TPSA) is 100 Å². The van der Waals surface area contributed by atoms with E-state index in [9.17, 15) is 13.2 Å². The molecule has 16 heavy (non-hydrogen) atoms. The lowest BCUT2D eigenvalue weighted by Gasteiger charge is -1.93. The predicted molar refractivity (Wildman–Crippen MR) is 48.9 cm³/mol. The van der Waals surface area contributed by atoms with Crippen LogP contribution in [0.3, 0.4) is 0 Å². The van der Waals surface area contributed by atoms with E-state index in [0.717, 1.165) is 0 Å². The van der Waals surface area contributed by atoms with Crippen molar-refractivity contribution in [2.75, 3.05) is 0 Å². The summed E-state index contributed by atoms with van der Waals surface area (Å²) in [6.45, 7) is 0. The molecule has 0 spiro atoms. The third-order valence-electron chi connectivity index (χ3n) is 1.18. The van der Waals surface area contributed by atoms with E-state index in [4.69, 9.17) is 21.0 Å². The van der Waals surface area contributed by atoms with E-state index >= 15 is 0 Å². The van der Waals surface area contributed by atoms with Gasteiger partial charge in [-0.2, -0.15) is 13.2 Å². The number of amidine groups is 1. The lowest BCUT2D eigenvalue weighted by atomic mass is 10.3. The lowest BCUT2D eigenvalue weighted by Crippen LogP contribution is -2.21. The minimum atomic E-state index is -5.08. The fourth-order valence-electron chi connectivity index (χ4n) is 0.522. The maximum absolute atomic E-state index is 10.6. The van der Waals surface area contributed by atoms with E-state index in [-0.39, 0.29) is 5.84 Å². The molecular formula is C8H8F3N3O2. The van der Waals surface area contributed by atoms with E-state index in [1.165, 1.54) is 0 Å². The van der Waals surface area contributed by atoms with Crippen LogP contribution in [0.4, 0.5) is 13.2 Å². The maximum atomic E-state index is 10.6. The van der Waals surface area contributed by atoms with E-state index in [1.54, 1.807) is 24.4 Å². The molecule has 0 aliphatic heterocycles. The van der Waals surface area contributed by atoms with Crippen LogP contribution in [0.15, 0.2) is 24.4 Å². The number of alkyl halides is 3. The van der Waals surface area contributed by atoms with Crippen LogP contribution in [0.2, 0.25) is 0 Å². The summed E-state index contributed by atoms with van der Waals surface area (Å²) in [5.41, 5.74) is 5.66. The summed E-state index contributed by atoms with van der Waals surface area (Å²) in [6.07, 6.45) is -3.48. The number of rotatable bonds is 1. The van der Waals surface area contributed by atoms with Crippen LogP contribution in [-0.2, 0) is 4.79 Å². The van der Waals surface area contributed by atoms with Gasteiger partial charge >= 0.3 is 12.1 Å². The molecule has 0 atom stereocenters. The molecule has 0 radical (unpaired) electrons. The van der Waals surface area contributed by atoms with Gasteiger partial charge < -0.3 is 10.8 Å². The maximum Gasteiger partial charge on any atom is 0.490 e. The van der Waals surface area contributed by atoms with Gasteiger partial charge in [0, 0.05) is 6.20 Å².